The molecule has 3 aromatic rings. The number of rotatable bonds is 10. The number of likely N-dealkylation sites (tertiary alicyclic amines) is 1. The Bertz CT molecular complexity index is 1850. The zero-order chi connectivity index (χ0) is 38.2. The minimum Gasteiger partial charge on any atom is -0.497 e. The number of carbonyl (C=O) groups excluding carboxylic acids is 3. The quantitative estimate of drug-likeness (QED) is 0.248. The van der Waals surface area contributed by atoms with Crippen molar-refractivity contribution in [2.75, 3.05) is 43.7 Å². The Morgan fingerprint density at radius 3 is 2.31 bits per heavy atom. The van der Waals surface area contributed by atoms with Crippen LogP contribution in [0.5, 0.6) is 11.5 Å². The minimum atomic E-state index is -2.47. The molecular weight excluding hydrogens is 699 g/mol. The third kappa shape index (κ3) is 6.72. The molecule has 3 aromatic carbocycles. The summed E-state index contributed by atoms with van der Waals surface area (Å²) in [6.45, 7) is 8.33. The summed E-state index contributed by atoms with van der Waals surface area (Å²) in [5.41, 5.74) is 1.91. The summed E-state index contributed by atoms with van der Waals surface area (Å²) in [7, 11) is 0.806. The van der Waals surface area contributed by atoms with Crippen LogP contribution in [0.15, 0.2) is 66.7 Å². The maximum absolute atomic E-state index is 15.3. The molecule has 4 aliphatic rings. The number of benzene rings is 3. The highest BCUT2D eigenvalue weighted by atomic mass is 28.3. The van der Waals surface area contributed by atoms with E-state index in [1.54, 1.807) is 14.2 Å². The molecule has 0 bridgehead atoms. The largest absolute Gasteiger partial charge is 0.497 e. The van der Waals surface area contributed by atoms with E-state index in [-0.39, 0.29) is 48.3 Å². The molecular formula is C43H55N3O7Si. The normalized spacial score (nSPS) is 25.9. The van der Waals surface area contributed by atoms with Crippen LogP contribution in [-0.4, -0.2) is 81.9 Å². The molecule has 54 heavy (non-hydrogen) atoms. The van der Waals surface area contributed by atoms with Gasteiger partial charge in [-0.15, -0.1) is 0 Å². The van der Waals surface area contributed by atoms with E-state index in [9.17, 15) is 14.7 Å². The van der Waals surface area contributed by atoms with Crippen LogP contribution < -0.4 is 24.5 Å². The van der Waals surface area contributed by atoms with Gasteiger partial charge in [0.25, 0.3) is 5.91 Å². The molecule has 3 saturated heterocycles. The molecule has 3 fully saturated rings. The van der Waals surface area contributed by atoms with E-state index < -0.39 is 19.8 Å². The molecule has 0 saturated carbocycles. The molecule has 5 atom stereocenters. The van der Waals surface area contributed by atoms with Gasteiger partial charge in [0.05, 0.1) is 59.7 Å². The summed E-state index contributed by atoms with van der Waals surface area (Å²) in [4.78, 5) is 47.9. The lowest BCUT2D eigenvalue weighted by Gasteiger charge is -2.37. The van der Waals surface area contributed by atoms with E-state index in [2.05, 4.69) is 32.2 Å². The molecule has 4 heterocycles. The lowest BCUT2D eigenvalue weighted by atomic mass is 9.82. The number of hydrogen-bond donors (Lipinski definition) is 1. The van der Waals surface area contributed by atoms with E-state index in [1.165, 1.54) is 5.19 Å². The third-order valence-electron chi connectivity index (χ3n) is 12.7. The number of aliphatic hydroxyl groups is 1. The highest BCUT2D eigenvalue weighted by Crippen LogP contribution is 2.60. The second kappa shape index (κ2) is 15.5. The van der Waals surface area contributed by atoms with E-state index in [4.69, 9.17) is 14.2 Å². The summed E-state index contributed by atoms with van der Waals surface area (Å²) in [5, 5.41) is 11.3. The third-order valence-corrected chi connectivity index (χ3v) is 17.1. The van der Waals surface area contributed by atoms with Crippen LogP contribution >= 0.6 is 0 Å². The minimum absolute atomic E-state index is 0.0444. The van der Waals surface area contributed by atoms with Crippen molar-refractivity contribution in [2.24, 2.45) is 5.92 Å². The van der Waals surface area contributed by atoms with Crippen LogP contribution in [0.4, 0.5) is 11.4 Å². The molecule has 0 aromatic heterocycles. The number of carbonyl (C=O) groups is 3. The Hall–Kier alpha value is -4.19. The van der Waals surface area contributed by atoms with Gasteiger partial charge in [-0.3, -0.25) is 14.4 Å². The molecule has 7 rings (SSSR count). The molecule has 0 aliphatic carbocycles. The molecule has 10 nitrogen and oxygen atoms in total. The first-order chi connectivity index (χ1) is 26.0. The van der Waals surface area contributed by atoms with Crippen LogP contribution in [0.1, 0.15) is 69.4 Å². The molecule has 0 radical (unpaired) electrons. The van der Waals surface area contributed by atoms with Crippen molar-refractivity contribution in [3.8, 4) is 11.5 Å². The SMILES string of the molecule is COc1ccc([Si](C)(C)[C@H]2[C@H](CC(=O)N3CCC[C@H]3CO)O[C@@]3(C(=O)N(Cc4ccc(N5CCCCCCC5=O)cc4)c4ccc(OC)cc43)[C@@H]2C)cc1. The summed E-state index contributed by atoms with van der Waals surface area (Å²) >= 11 is 0. The van der Waals surface area contributed by atoms with E-state index in [0.717, 1.165) is 73.3 Å². The zero-order valence-corrected chi connectivity index (χ0v) is 33.4. The summed E-state index contributed by atoms with van der Waals surface area (Å²) in [6.07, 6.45) is 5.93. The first-order valence-electron chi connectivity index (χ1n) is 19.7. The average Bonchev–Trinajstić information content (AvgIpc) is 3.84. The van der Waals surface area contributed by atoms with Crippen molar-refractivity contribution in [3.63, 3.8) is 0 Å². The van der Waals surface area contributed by atoms with Crippen molar-refractivity contribution in [2.45, 2.75) is 101 Å². The number of aliphatic hydroxyl groups excluding tert-OH is 1. The monoisotopic (exact) mass is 753 g/mol. The number of fused-ring (bicyclic) bond motifs is 2. The maximum atomic E-state index is 15.3. The van der Waals surface area contributed by atoms with Crippen LogP contribution in [0.2, 0.25) is 18.6 Å². The zero-order valence-electron chi connectivity index (χ0n) is 32.4. The second-order valence-corrected chi connectivity index (χ2v) is 20.8. The lowest BCUT2D eigenvalue weighted by molar-refractivity contribution is -0.150. The van der Waals surface area contributed by atoms with Crippen LogP contribution in [0, 0.1) is 5.92 Å². The highest BCUT2D eigenvalue weighted by Gasteiger charge is 2.66. The molecule has 288 valence electrons. The maximum Gasteiger partial charge on any atom is 0.264 e. The van der Waals surface area contributed by atoms with Crippen molar-refractivity contribution >= 4 is 42.4 Å². The molecule has 1 N–H and O–H groups in total. The molecule has 4 aliphatic heterocycles. The fourth-order valence-corrected chi connectivity index (χ4v) is 13.8. The van der Waals surface area contributed by atoms with Gasteiger partial charge in [0, 0.05) is 36.7 Å². The van der Waals surface area contributed by atoms with E-state index in [1.807, 2.05) is 69.3 Å². The first-order valence-corrected chi connectivity index (χ1v) is 22.7. The first kappa shape index (κ1) is 38.1. The van der Waals surface area contributed by atoms with Crippen LogP contribution in [0.25, 0.3) is 0 Å². The number of hydrogen-bond acceptors (Lipinski definition) is 7. The van der Waals surface area contributed by atoms with Crippen molar-refractivity contribution in [1.29, 1.82) is 0 Å². The molecule has 11 heteroatoms. The fraction of sp³-hybridized carbons (Fsp3) is 0.512. The van der Waals surface area contributed by atoms with Gasteiger partial charge in [-0.2, -0.15) is 0 Å². The van der Waals surface area contributed by atoms with Crippen molar-refractivity contribution in [3.05, 3.63) is 77.9 Å². The number of nitrogens with zero attached hydrogens (tertiary/aromatic N) is 3. The van der Waals surface area contributed by atoms with Gasteiger partial charge in [0.15, 0.2) is 5.60 Å². The second-order valence-electron chi connectivity index (χ2n) is 16.1. The van der Waals surface area contributed by atoms with Gasteiger partial charge in [0.1, 0.15) is 11.5 Å². The van der Waals surface area contributed by atoms with Crippen molar-refractivity contribution < 1.29 is 33.7 Å². The van der Waals surface area contributed by atoms with Gasteiger partial charge in [0.2, 0.25) is 11.8 Å². The van der Waals surface area contributed by atoms with Gasteiger partial charge < -0.3 is 34.0 Å². The van der Waals surface area contributed by atoms with Crippen LogP contribution in [0.3, 0.4) is 0 Å². The molecule has 0 unspecified atom stereocenters. The lowest BCUT2D eigenvalue weighted by Crippen LogP contribution is -2.52. The Morgan fingerprint density at radius 2 is 1.61 bits per heavy atom. The van der Waals surface area contributed by atoms with Crippen molar-refractivity contribution in [1.82, 2.24) is 4.90 Å². The Morgan fingerprint density at radius 1 is 0.907 bits per heavy atom. The smallest absolute Gasteiger partial charge is 0.264 e. The molecule has 3 amide bonds. The number of methoxy groups -OCH3 is 2. The number of amides is 3. The van der Waals surface area contributed by atoms with E-state index in [0.29, 0.717) is 25.3 Å². The molecule has 1 spiro atoms. The number of anilines is 2. The summed E-state index contributed by atoms with van der Waals surface area (Å²) < 4.78 is 18.4. The van der Waals surface area contributed by atoms with Crippen LogP contribution in [-0.2, 0) is 31.3 Å². The predicted octanol–water partition coefficient (Wildman–Crippen LogP) is 6.14. The Balaban J connectivity index is 1.25. The standard InChI is InChI=1S/C43H55N3O7Si/c1-29-41(54(4,5)35-20-17-33(51-2)18-21-35)38(26-40(49)45-24-10-11-32(45)28-47)53-43(29)36-25-34(52-3)19-22-37(36)46(42(43)50)27-30-13-15-31(16-14-30)44-23-9-7-6-8-12-39(44)48/h13-22,25,29,32,38,41,47H,6-12,23-24,26-28H2,1-5H3/t29-,32+,38+,41-,43+/m1/s1. The fourth-order valence-electron chi connectivity index (χ4n) is 9.82. The average molecular weight is 754 g/mol. The van der Waals surface area contributed by atoms with Gasteiger partial charge in [-0.25, -0.2) is 0 Å². The van der Waals surface area contributed by atoms with Gasteiger partial charge >= 0.3 is 0 Å². The van der Waals surface area contributed by atoms with Gasteiger partial charge in [-0.05, 0) is 79.3 Å². The topological polar surface area (TPSA) is 109 Å². The highest BCUT2D eigenvalue weighted by molar-refractivity contribution is 6.91. The van der Waals surface area contributed by atoms with Gasteiger partial charge in [-0.1, -0.05) is 62.3 Å². The summed E-state index contributed by atoms with van der Waals surface area (Å²) in [5.74, 6) is 1.10. The Labute approximate surface area is 320 Å². The summed E-state index contributed by atoms with van der Waals surface area (Å²) in [6, 6.07) is 21.8. The predicted molar refractivity (Wildman–Crippen MR) is 212 cm³/mol. The Kier molecular flexibility index (Phi) is 10.9. The number of ether oxygens (including phenoxy) is 3. The van der Waals surface area contributed by atoms with E-state index >= 15 is 4.79 Å².